The van der Waals surface area contributed by atoms with Gasteiger partial charge in [0, 0.05) is 62.7 Å². The maximum atomic E-state index is 12.9. The molecular formula is C25H31ClN4O3. The number of carbonyl (C=O) groups excluding carboxylic acids is 2. The van der Waals surface area contributed by atoms with Crippen LogP contribution in [0, 0.1) is 11.3 Å². The Labute approximate surface area is 199 Å². The standard InChI is InChI=1S/C25H31ClN4O3/c26-18-4-6-20-21(11-18)33-27-24(20)29-10-9-28-14-17(3-5-19(28)16-29)15-30-22(31)12-25(13-23(30)32)7-1-2-8-25/h4,6,11,17,19H,1-3,5,7-10,12-16H2/t17-,19+/m1/s1. The van der Waals surface area contributed by atoms with Gasteiger partial charge < -0.3 is 9.42 Å². The fraction of sp³-hybridized carbons (Fsp3) is 0.640. The molecule has 6 rings (SSSR count). The molecule has 2 amide bonds. The largest absolute Gasteiger partial charge is 0.354 e. The van der Waals surface area contributed by atoms with Crippen LogP contribution >= 0.6 is 11.6 Å². The number of halogens is 1. The monoisotopic (exact) mass is 470 g/mol. The molecule has 2 aromatic rings. The minimum Gasteiger partial charge on any atom is -0.354 e. The molecule has 3 saturated heterocycles. The summed E-state index contributed by atoms with van der Waals surface area (Å²) in [6.07, 6.45) is 7.68. The van der Waals surface area contributed by atoms with Crippen LogP contribution in [-0.2, 0) is 9.59 Å². The molecule has 4 heterocycles. The van der Waals surface area contributed by atoms with Crippen molar-refractivity contribution in [2.24, 2.45) is 11.3 Å². The van der Waals surface area contributed by atoms with Crippen molar-refractivity contribution in [3.63, 3.8) is 0 Å². The van der Waals surface area contributed by atoms with Crippen LogP contribution < -0.4 is 4.90 Å². The van der Waals surface area contributed by atoms with Crippen molar-refractivity contribution in [2.75, 3.05) is 37.6 Å². The summed E-state index contributed by atoms with van der Waals surface area (Å²) < 4.78 is 5.52. The number of fused-ring (bicyclic) bond motifs is 2. The molecule has 33 heavy (non-hydrogen) atoms. The summed E-state index contributed by atoms with van der Waals surface area (Å²) in [4.78, 5) is 32.2. The number of rotatable bonds is 3. The average molecular weight is 471 g/mol. The van der Waals surface area contributed by atoms with Crippen molar-refractivity contribution < 1.29 is 14.1 Å². The molecule has 1 aliphatic carbocycles. The predicted molar refractivity (Wildman–Crippen MR) is 126 cm³/mol. The molecule has 4 fully saturated rings. The van der Waals surface area contributed by atoms with Crippen LogP contribution in [0.15, 0.2) is 22.7 Å². The summed E-state index contributed by atoms with van der Waals surface area (Å²) in [5.41, 5.74) is 0.703. The molecule has 1 aromatic carbocycles. The maximum absolute atomic E-state index is 12.9. The van der Waals surface area contributed by atoms with Gasteiger partial charge in [-0.2, -0.15) is 0 Å². The molecule has 7 nitrogen and oxygen atoms in total. The van der Waals surface area contributed by atoms with Crippen LogP contribution in [0.5, 0.6) is 0 Å². The van der Waals surface area contributed by atoms with Gasteiger partial charge in [-0.1, -0.05) is 29.6 Å². The minimum absolute atomic E-state index is 0.0186. The zero-order valence-electron chi connectivity index (χ0n) is 19.0. The van der Waals surface area contributed by atoms with Gasteiger partial charge in [0.15, 0.2) is 11.4 Å². The third-order valence-electron chi connectivity index (χ3n) is 8.48. The Bertz CT molecular complexity index is 1060. The van der Waals surface area contributed by atoms with Gasteiger partial charge in [0.2, 0.25) is 11.8 Å². The highest BCUT2D eigenvalue weighted by Gasteiger charge is 2.46. The number of hydrogen-bond donors (Lipinski definition) is 0. The normalized spacial score (nSPS) is 28.2. The molecule has 0 radical (unpaired) electrons. The lowest BCUT2D eigenvalue weighted by molar-refractivity contribution is -0.154. The summed E-state index contributed by atoms with van der Waals surface area (Å²) >= 11 is 6.08. The Morgan fingerprint density at radius 2 is 1.85 bits per heavy atom. The zero-order chi connectivity index (χ0) is 22.6. The summed E-state index contributed by atoms with van der Waals surface area (Å²) in [7, 11) is 0. The van der Waals surface area contributed by atoms with Gasteiger partial charge in [0.1, 0.15) is 0 Å². The second kappa shape index (κ2) is 8.27. The van der Waals surface area contributed by atoms with Gasteiger partial charge in [0.25, 0.3) is 0 Å². The lowest BCUT2D eigenvalue weighted by Crippen LogP contribution is -2.58. The Morgan fingerprint density at radius 1 is 1.06 bits per heavy atom. The average Bonchev–Trinajstić information content (AvgIpc) is 3.42. The molecule has 176 valence electrons. The van der Waals surface area contributed by atoms with E-state index in [4.69, 9.17) is 16.1 Å². The topological polar surface area (TPSA) is 69.9 Å². The number of piperazine rings is 1. The Hall–Kier alpha value is -2.12. The number of likely N-dealkylation sites (tertiary alicyclic amines) is 1. The van der Waals surface area contributed by atoms with E-state index in [9.17, 15) is 9.59 Å². The first-order valence-electron chi connectivity index (χ1n) is 12.4. The SMILES string of the molecule is O=C1CC2(CCCC2)CC(=O)N1C[C@@H]1CC[C@H]2CN(c3noc4cc(Cl)ccc34)CCN2C1. The van der Waals surface area contributed by atoms with Crippen molar-refractivity contribution in [1.29, 1.82) is 0 Å². The molecule has 0 unspecified atom stereocenters. The van der Waals surface area contributed by atoms with Gasteiger partial charge in [-0.3, -0.25) is 19.4 Å². The Morgan fingerprint density at radius 3 is 2.64 bits per heavy atom. The van der Waals surface area contributed by atoms with Crippen LogP contribution in [0.4, 0.5) is 5.82 Å². The smallest absolute Gasteiger partial charge is 0.229 e. The van der Waals surface area contributed by atoms with Gasteiger partial charge in [-0.25, -0.2) is 0 Å². The van der Waals surface area contributed by atoms with Crippen LogP contribution in [0.3, 0.4) is 0 Å². The molecule has 2 atom stereocenters. The van der Waals surface area contributed by atoms with Gasteiger partial charge in [0.05, 0.1) is 5.39 Å². The summed E-state index contributed by atoms with van der Waals surface area (Å²) in [6.45, 7) is 4.30. The van der Waals surface area contributed by atoms with E-state index in [0.29, 0.717) is 36.4 Å². The number of amides is 2. The fourth-order valence-electron chi connectivity index (χ4n) is 6.70. The number of hydrogen-bond acceptors (Lipinski definition) is 6. The van der Waals surface area contributed by atoms with E-state index in [1.165, 1.54) is 0 Å². The highest BCUT2D eigenvalue weighted by molar-refractivity contribution is 6.31. The number of nitrogens with zero attached hydrogens (tertiary/aromatic N) is 4. The van der Waals surface area contributed by atoms with E-state index in [0.717, 1.165) is 81.5 Å². The number of aromatic nitrogens is 1. The first kappa shape index (κ1) is 21.4. The molecule has 3 aliphatic heterocycles. The quantitative estimate of drug-likeness (QED) is 0.629. The summed E-state index contributed by atoms with van der Waals surface area (Å²) in [6, 6.07) is 6.13. The minimum atomic E-state index is -0.0186. The van der Waals surface area contributed by atoms with E-state index in [1.54, 1.807) is 4.90 Å². The second-order valence-corrected chi connectivity index (χ2v) is 11.1. The number of imide groups is 1. The van der Waals surface area contributed by atoms with Crippen molar-refractivity contribution in [1.82, 2.24) is 15.0 Å². The van der Waals surface area contributed by atoms with Crippen molar-refractivity contribution in [2.45, 2.75) is 57.4 Å². The van der Waals surface area contributed by atoms with Crippen molar-refractivity contribution >= 4 is 40.2 Å². The first-order chi connectivity index (χ1) is 16.0. The Balaban J connectivity index is 1.08. The van der Waals surface area contributed by atoms with Crippen LogP contribution in [0.2, 0.25) is 5.02 Å². The molecule has 8 heteroatoms. The lowest BCUT2D eigenvalue weighted by atomic mass is 9.76. The lowest BCUT2D eigenvalue weighted by Gasteiger charge is -2.47. The van der Waals surface area contributed by atoms with Crippen molar-refractivity contribution in [3.05, 3.63) is 23.2 Å². The molecular weight excluding hydrogens is 440 g/mol. The van der Waals surface area contributed by atoms with E-state index >= 15 is 0 Å². The molecule has 1 saturated carbocycles. The van der Waals surface area contributed by atoms with Gasteiger partial charge >= 0.3 is 0 Å². The molecule has 4 aliphatic rings. The highest BCUT2D eigenvalue weighted by Crippen LogP contribution is 2.47. The molecule has 1 spiro atoms. The number of anilines is 1. The first-order valence-corrected chi connectivity index (χ1v) is 12.7. The number of carbonyl (C=O) groups is 2. The van der Waals surface area contributed by atoms with E-state index in [-0.39, 0.29) is 17.2 Å². The number of benzene rings is 1. The second-order valence-electron chi connectivity index (χ2n) is 10.6. The third kappa shape index (κ3) is 3.93. The summed E-state index contributed by atoms with van der Waals surface area (Å²) in [5, 5.41) is 5.98. The Kier molecular flexibility index (Phi) is 5.37. The predicted octanol–water partition coefficient (Wildman–Crippen LogP) is 4.09. The van der Waals surface area contributed by atoms with Crippen molar-refractivity contribution in [3.8, 4) is 0 Å². The molecule has 0 bridgehead atoms. The van der Waals surface area contributed by atoms with Gasteiger partial charge in [-0.15, -0.1) is 0 Å². The third-order valence-corrected chi connectivity index (χ3v) is 8.71. The van der Waals surface area contributed by atoms with E-state index < -0.39 is 0 Å². The number of piperidine rings is 2. The van der Waals surface area contributed by atoms with Gasteiger partial charge in [-0.05, 0) is 49.1 Å². The molecule has 0 N–H and O–H groups in total. The zero-order valence-corrected chi connectivity index (χ0v) is 19.7. The fourth-order valence-corrected chi connectivity index (χ4v) is 6.86. The van der Waals surface area contributed by atoms with E-state index in [1.807, 2.05) is 18.2 Å². The van der Waals surface area contributed by atoms with Crippen LogP contribution in [0.1, 0.15) is 51.4 Å². The van der Waals surface area contributed by atoms with Crippen LogP contribution in [-0.4, -0.2) is 65.5 Å². The highest BCUT2D eigenvalue weighted by atomic mass is 35.5. The maximum Gasteiger partial charge on any atom is 0.229 e. The van der Waals surface area contributed by atoms with Crippen LogP contribution in [0.25, 0.3) is 11.0 Å². The molecule has 1 aromatic heterocycles. The van der Waals surface area contributed by atoms with E-state index in [2.05, 4.69) is 15.0 Å². The summed E-state index contributed by atoms with van der Waals surface area (Å²) in [5.74, 6) is 1.40.